The number of hydrogen-bond donors (Lipinski definition) is 1. The van der Waals surface area contributed by atoms with Crippen molar-refractivity contribution in [2.75, 3.05) is 44.5 Å². The molecule has 2 aromatic carbocycles. The maximum absolute atomic E-state index is 13.6. The lowest BCUT2D eigenvalue weighted by Gasteiger charge is -2.39. The van der Waals surface area contributed by atoms with E-state index in [0.717, 1.165) is 30.5 Å². The number of fused-ring (bicyclic) bond motifs is 2. The summed E-state index contributed by atoms with van der Waals surface area (Å²) in [5, 5.41) is 13.5. The molecule has 0 amide bonds. The number of ether oxygens (including phenoxy) is 3. The molecule has 2 fully saturated rings. The molecule has 2 aromatic heterocycles. The van der Waals surface area contributed by atoms with Gasteiger partial charge in [0.1, 0.15) is 11.9 Å². The molecule has 7 rings (SSSR count). The molecule has 0 bridgehead atoms. The van der Waals surface area contributed by atoms with Crippen LogP contribution in [0.4, 0.5) is 10.1 Å². The smallest absolute Gasteiger partial charge is 0.253 e. The average Bonchev–Trinajstić information content (AvgIpc) is 3.72. The number of tetrazole rings is 1. The monoisotopic (exact) mass is 533 g/mol. The van der Waals surface area contributed by atoms with E-state index in [-0.39, 0.29) is 24.3 Å². The Balaban J connectivity index is 1.25. The molecule has 12 heteroatoms. The fraction of sp³-hybridized carbons (Fsp3) is 0.407. The maximum Gasteiger partial charge on any atom is 0.253 e. The fourth-order valence-electron chi connectivity index (χ4n) is 5.72. The summed E-state index contributed by atoms with van der Waals surface area (Å²) in [4.78, 5) is 21.1. The quantitative estimate of drug-likeness (QED) is 0.400. The number of hydrogen-bond acceptors (Lipinski definition) is 9. The van der Waals surface area contributed by atoms with E-state index in [1.165, 1.54) is 12.1 Å². The molecule has 4 aromatic rings. The molecule has 202 valence electrons. The van der Waals surface area contributed by atoms with Crippen molar-refractivity contribution in [1.82, 2.24) is 30.1 Å². The first-order valence-corrected chi connectivity index (χ1v) is 13.2. The summed E-state index contributed by atoms with van der Waals surface area (Å²) in [6.45, 7) is 4.15. The van der Waals surface area contributed by atoms with E-state index in [1.807, 2.05) is 12.1 Å². The second kappa shape index (κ2) is 9.93. The van der Waals surface area contributed by atoms with Crippen LogP contribution >= 0.6 is 0 Å². The Morgan fingerprint density at radius 2 is 1.85 bits per heavy atom. The van der Waals surface area contributed by atoms with Gasteiger partial charge in [-0.1, -0.05) is 0 Å². The van der Waals surface area contributed by atoms with Crippen molar-refractivity contribution in [1.29, 1.82) is 0 Å². The third kappa shape index (κ3) is 4.59. The molecule has 5 heterocycles. The van der Waals surface area contributed by atoms with Gasteiger partial charge in [0, 0.05) is 55.5 Å². The van der Waals surface area contributed by atoms with E-state index in [9.17, 15) is 9.18 Å². The predicted molar refractivity (Wildman–Crippen MR) is 140 cm³/mol. The molecule has 0 radical (unpaired) electrons. The number of pyridine rings is 1. The van der Waals surface area contributed by atoms with Crippen LogP contribution in [0.5, 0.6) is 11.5 Å². The van der Waals surface area contributed by atoms with Gasteiger partial charge < -0.3 is 24.1 Å². The van der Waals surface area contributed by atoms with E-state index in [1.54, 1.807) is 22.9 Å². The highest BCUT2D eigenvalue weighted by Crippen LogP contribution is 2.36. The van der Waals surface area contributed by atoms with E-state index < -0.39 is 6.04 Å². The van der Waals surface area contributed by atoms with Crippen LogP contribution < -0.4 is 19.9 Å². The maximum atomic E-state index is 13.6. The average molecular weight is 534 g/mol. The summed E-state index contributed by atoms with van der Waals surface area (Å²) in [6.07, 6.45) is 2.00. The van der Waals surface area contributed by atoms with E-state index in [2.05, 4.69) is 30.3 Å². The van der Waals surface area contributed by atoms with Crippen LogP contribution in [0.15, 0.2) is 47.3 Å². The van der Waals surface area contributed by atoms with Gasteiger partial charge in [-0.05, 0) is 59.7 Å². The summed E-state index contributed by atoms with van der Waals surface area (Å²) < 4.78 is 32.2. The number of anilines is 1. The summed E-state index contributed by atoms with van der Waals surface area (Å²) in [5.41, 5.74) is 1.99. The van der Waals surface area contributed by atoms with Crippen molar-refractivity contribution in [2.24, 2.45) is 0 Å². The summed E-state index contributed by atoms with van der Waals surface area (Å²) in [7, 11) is 0. The number of rotatable bonds is 6. The normalized spacial score (nSPS) is 20.1. The van der Waals surface area contributed by atoms with Crippen molar-refractivity contribution < 1.29 is 18.6 Å². The molecule has 11 nitrogen and oxygen atoms in total. The lowest BCUT2D eigenvalue weighted by molar-refractivity contribution is 0.0906. The Bertz CT molecular complexity index is 1540. The van der Waals surface area contributed by atoms with Gasteiger partial charge >= 0.3 is 0 Å². The van der Waals surface area contributed by atoms with Gasteiger partial charge in [-0.2, -0.15) is 0 Å². The molecule has 0 aliphatic carbocycles. The van der Waals surface area contributed by atoms with Gasteiger partial charge in [-0.3, -0.25) is 9.69 Å². The topological polar surface area (TPSA) is 111 Å². The standard InChI is InChI=1S/C27H28FN7O4/c28-18-3-5-19(6-4-18)33-7-9-34(10-8-33)25(26-30-31-32-35(26)15-20-2-1-11-37-20)21-12-17-13-23-24(39-16-38-23)14-22(17)29-27(21)36/h3-6,12-14,20,25H,1-2,7-11,15-16H2,(H,29,36)/t20-,25-/m1/s1. The molecule has 0 spiro atoms. The molecule has 3 aliphatic heterocycles. The molecule has 1 N–H and O–H groups in total. The van der Waals surface area contributed by atoms with Crippen molar-refractivity contribution >= 4 is 16.6 Å². The first-order valence-electron chi connectivity index (χ1n) is 13.2. The van der Waals surface area contributed by atoms with Crippen molar-refractivity contribution in [2.45, 2.75) is 31.5 Å². The van der Waals surface area contributed by atoms with Crippen LogP contribution in [0.2, 0.25) is 0 Å². The highest BCUT2D eigenvalue weighted by molar-refractivity contribution is 5.83. The third-order valence-corrected chi connectivity index (χ3v) is 7.74. The minimum atomic E-state index is -0.477. The van der Waals surface area contributed by atoms with Gasteiger partial charge in [0.05, 0.1) is 18.2 Å². The number of nitrogens with one attached hydrogen (secondary N) is 1. The molecule has 0 saturated carbocycles. The molecule has 0 unspecified atom stereocenters. The Kier molecular flexibility index (Phi) is 6.12. The number of nitrogens with zero attached hydrogens (tertiary/aromatic N) is 6. The number of aromatic nitrogens is 5. The highest BCUT2D eigenvalue weighted by Gasteiger charge is 2.34. The molecule has 39 heavy (non-hydrogen) atoms. The Morgan fingerprint density at radius 3 is 2.62 bits per heavy atom. The minimum Gasteiger partial charge on any atom is -0.454 e. The molecule has 2 atom stereocenters. The van der Waals surface area contributed by atoms with E-state index in [4.69, 9.17) is 14.2 Å². The minimum absolute atomic E-state index is 0.0397. The number of aromatic amines is 1. The Morgan fingerprint density at radius 1 is 1.05 bits per heavy atom. The number of piperazine rings is 1. The highest BCUT2D eigenvalue weighted by atomic mass is 19.1. The van der Waals surface area contributed by atoms with Crippen LogP contribution in [0.1, 0.15) is 30.3 Å². The summed E-state index contributed by atoms with van der Waals surface area (Å²) >= 11 is 0. The van der Waals surface area contributed by atoms with Crippen molar-refractivity contribution in [3.63, 3.8) is 0 Å². The van der Waals surface area contributed by atoms with Crippen molar-refractivity contribution in [3.8, 4) is 11.5 Å². The van der Waals surface area contributed by atoms with Gasteiger partial charge in [-0.25, -0.2) is 9.07 Å². The van der Waals surface area contributed by atoms with Crippen LogP contribution in [-0.2, 0) is 11.3 Å². The van der Waals surface area contributed by atoms with Gasteiger partial charge in [0.15, 0.2) is 17.3 Å². The summed E-state index contributed by atoms with van der Waals surface area (Å²) in [5.74, 6) is 1.60. The molecular formula is C27H28FN7O4. The van der Waals surface area contributed by atoms with Crippen LogP contribution in [0.3, 0.4) is 0 Å². The zero-order valence-corrected chi connectivity index (χ0v) is 21.3. The Labute approximate surface area is 223 Å². The van der Waals surface area contributed by atoms with Gasteiger partial charge in [0.2, 0.25) is 6.79 Å². The lowest BCUT2D eigenvalue weighted by Crippen LogP contribution is -2.49. The second-order valence-electron chi connectivity index (χ2n) is 10.1. The number of H-pyrrole nitrogens is 1. The number of halogens is 1. The van der Waals surface area contributed by atoms with E-state index >= 15 is 0 Å². The number of benzene rings is 2. The van der Waals surface area contributed by atoms with Gasteiger partial charge in [-0.15, -0.1) is 5.10 Å². The van der Waals surface area contributed by atoms with Crippen LogP contribution in [0, 0.1) is 5.82 Å². The largest absolute Gasteiger partial charge is 0.454 e. The van der Waals surface area contributed by atoms with Crippen molar-refractivity contribution in [3.05, 3.63) is 70.0 Å². The molecule has 2 saturated heterocycles. The Hall–Kier alpha value is -4.03. The first-order chi connectivity index (χ1) is 19.1. The fourth-order valence-corrected chi connectivity index (χ4v) is 5.72. The third-order valence-electron chi connectivity index (χ3n) is 7.74. The zero-order valence-electron chi connectivity index (χ0n) is 21.3. The first kappa shape index (κ1) is 24.0. The van der Waals surface area contributed by atoms with Crippen LogP contribution in [-0.4, -0.2) is 75.8 Å². The zero-order chi connectivity index (χ0) is 26.3. The summed E-state index contributed by atoms with van der Waals surface area (Å²) in [6, 6.07) is 11.6. The van der Waals surface area contributed by atoms with Gasteiger partial charge in [0.25, 0.3) is 5.56 Å². The SMILES string of the molecule is O=c1[nH]c2cc3c(cc2cc1[C@H](c1nnnn1C[C@H]1CCCO1)N1CCN(c2ccc(F)cc2)CC1)OCO3. The molecule has 3 aliphatic rings. The second-order valence-corrected chi connectivity index (χ2v) is 10.1. The lowest BCUT2D eigenvalue weighted by atomic mass is 10.0. The molecular weight excluding hydrogens is 505 g/mol. The van der Waals surface area contributed by atoms with Crippen LogP contribution in [0.25, 0.3) is 10.9 Å². The predicted octanol–water partition coefficient (Wildman–Crippen LogP) is 2.47. The van der Waals surface area contributed by atoms with E-state index in [0.29, 0.717) is 61.1 Å².